The monoisotopic (exact) mass is 476 g/mol. The zero-order valence-corrected chi connectivity index (χ0v) is 19.9. The number of nitrogens with zero attached hydrogens (tertiary/aromatic N) is 3. The molecule has 1 saturated carbocycles. The second-order valence-corrected chi connectivity index (χ2v) is 9.18. The van der Waals surface area contributed by atoms with Crippen LogP contribution in [-0.2, 0) is 22.5 Å². The predicted octanol–water partition coefficient (Wildman–Crippen LogP) is 2.69. The Hall–Kier alpha value is -3.23. The molecule has 3 aromatic rings. The van der Waals surface area contributed by atoms with E-state index in [4.69, 9.17) is 14.5 Å². The van der Waals surface area contributed by atoms with E-state index in [-0.39, 0.29) is 23.9 Å². The minimum atomic E-state index is -0.0617. The number of para-hydroxylation sites is 1. The molecule has 8 nitrogen and oxygen atoms in total. The van der Waals surface area contributed by atoms with Gasteiger partial charge in [0.2, 0.25) is 5.91 Å². The molecule has 184 valence electrons. The number of nitrogens with one attached hydrogen (secondary N) is 1. The van der Waals surface area contributed by atoms with Crippen LogP contribution in [0.15, 0.2) is 53.3 Å². The third kappa shape index (κ3) is 6.07. The van der Waals surface area contributed by atoms with E-state index in [1.807, 2.05) is 48.5 Å². The SMILES string of the molecule is O=C(CCc1nc2ccccc2c(=O)n1C1CC1)NCc1cccc(OCCN2CCOCC2)c1. The Morgan fingerprint density at radius 3 is 2.77 bits per heavy atom. The maximum absolute atomic E-state index is 13.0. The molecule has 1 aliphatic carbocycles. The molecule has 2 heterocycles. The molecular weight excluding hydrogens is 444 g/mol. The summed E-state index contributed by atoms with van der Waals surface area (Å²) in [6, 6.07) is 15.5. The fourth-order valence-electron chi connectivity index (χ4n) is 4.45. The summed E-state index contributed by atoms with van der Waals surface area (Å²) in [5.41, 5.74) is 1.68. The Morgan fingerprint density at radius 2 is 1.94 bits per heavy atom. The quantitative estimate of drug-likeness (QED) is 0.484. The van der Waals surface area contributed by atoms with Crippen molar-refractivity contribution in [1.82, 2.24) is 19.8 Å². The summed E-state index contributed by atoms with van der Waals surface area (Å²) in [5.74, 6) is 1.44. The number of ether oxygens (including phenoxy) is 2. The third-order valence-corrected chi connectivity index (χ3v) is 6.54. The number of rotatable bonds is 10. The molecule has 5 rings (SSSR count). The van der Waals surface area contributed by atoms with Gasteiger partial charge in [-0.2, -0.15) is 0 Å². The molecule has 2 aliphatic rings. The lowest BCUT2D eigenvalue weighted by Crippen LogP contribution is -2.38. The van der Waals surface area contributed by atoms with E-state index in [0.29, 0.717) is 36.3 Å². The number of aromatic nitrogens is 2. The van der Waals surface area contributed by atoms with Crippen LogP contribution in [0.4, 0.5) is 0 Å². The first-order valence-electron chi connectivity index (χ1n) is 12.5. The van der Waals surface area contributed by atoms with Gasteiger partial charge in [0.1, 0.15) is 18.2 Å². The second kappa shape index (κ2) is 11.0. The van der Waals surface area contributed by atoms with E-state index in [2.05, 4.69) is 10.2 Å². The van der Waals surface area contributed by atoms with Gasteiger partial charge < -0.3 is 14.8 Å². The van der Waals surface area contributed by atoms with Crippen molar-refractivity contribution in [3.05, 3.63) is 70.3 Å². The van der Waals surface area contributed by atoms with Gasteiger partial charge in [-0.15, -0.1) is 0 Å². The van der Waals surface area contributed by atoms with Crippen molar-refractivity contribution >= 4 is 16.8 Å². The van der Waals surface area contributed by atoms with Gasteiger partial charge in [0, 0.05) is 45.1 Å². The van der Waals surface area contributed by atoms with Crippen molar-refractivity contribution in [3.8, 4) is 5.75 Å². The van der Waals surface area contributed by atoms with Crippen molar-refractivity contribution in [2.45, 2.75) is 38.3 Å². The lowest BCUT2D eigenvalue weighted by molar-refractivity contribution is -0.121. The summed E-state index contributed by atoms with van der Waals surface area (Å²) in [6.45, 7) is 5.38. The number of morpholine rings is 1. The largest absolute Gasteiger partial charge is 0.492 e. The molecule has 1 amide bonds. The third-order valence-electron chi connectivity index (χ3n) is 6.54. The number of aryl methyl sites for hydroxylation is 1. The number of hydrogen-bond donors (Lipinski definition) is 1. The van der Waals surface area contributed by atoms with Gasteiger partial charge in [0.15, 0.2) is 0 Å². The van der Waals surface area contributed by atoms with E-state index in [1.54, 1.807) is 4.57 Å². The van der Waals surface area contributed by atoms with Crippen molar-refractivity contribution in [2.75, 3.05) is 39.5 Å². The first-order valence-corrected chi connectivity index (χ1v) is 12.5. The summed E-state index contributed by atoms with van der Waals surface area (Å²) in [4.78, 5) is 32.6. The minimum Gasteiger partial charge on any atom is -0.492 e. The van der Waals surface area contributed by atoms with Crippen LogP contribution < -0.4 is 15.6 Å². The molecule has 0 bridgehead atoms. The summed E-state index contributed by atoms with van der Waals surface area (Å²) >= 11 is 0. The van der Waals surface area contributed by atoms with Crippen LogP contribution >= 0.6 is 0 Å². The number of carbonyl (C=O) groups is 1. The lowest BCUT2D eigenvalue weighted by atomic mass is 10.2. The van der Waals surface area contributed by atoms with Gasteiger partial charge >= 0.3 is 0 Å². The van der Waals surface area contributed by atoms with Crippen LogP contribution in [0.3, 0.4) is 0 Å². The molecule has 1 saturated heterocycles. The Balaban J connectivity index is 1.13. The van der Waals surface area contributed by atoms with E-state index < -0.39 is 0 Å². The number of benzene rings is 2. The summed E-state index contributed by atoms with van der Waals surface area (Å²) in [6.07, 6.45) is 2.70. The van der Waals surface area contributed by atoms with Crippen LogP contribution in [0.5, 0.6) is 5.75 Å². The number of carbonyl (C=O) groups excluding carboxylic acids is 1. The second-order valence-electron chi connectivity index (χ2n) is 9.18. The Bertz CT molecular complexity index is 1230. The Labute approximate surface area is 204 Å². The molecule has 2 aromatic carbocycles. The first kappa shape index (κ1) is 23.5. The molecule has 1 aliphatic heterocycles. The van der Waals surface area contributed by atoms with Crippen LogP contribution in [0.25, 0.3) is 10.9 Å². The maximum atomic E-state index is 13.0. The molecular formula is C27H32N4O4. The molecule has 0 atom stereocenters. The summed E-state index contributed by atoms with van der Waals surface area (Å²) < 4.78 is 13.1. The number of amides is 1. The first-order chi connectivity index (χ1) is 17.2. The van der Waals surface area contributed by atoms with E-state index >= 15 is 0 Å². The van der Waals surface area contributed by atoms with Crippen molar-refractivity contribution < 1.29 is 14.3 Å². The lowest BCUT2D eigenvalue weighted by Gasteiger charge is -2.26. The molecule has 0 spiro atoms. The van der Waals surface area contributed by atoms with Crippen LogP contribution in [0, 0.1) is 0 Å². The average Bonchev–Trinajstić information content (AvgIpc) is 3.72. The molecule has 0 unspecified atom stereocenters. The summed E-state index contributed by atoms with van der Waals surface area (Å²) in [7, 11) is 0. The number of hydrogen-bond acceptors (Lipinski definition) is 6. The van der Waals surface area contributed by atoms with E-state index in [0.717, 1.165) is 57.0 Å². The van der Waals surface area contributed by atoms with Gasteiger partial charge in [0.25, 0.3) is 5.56 Å². The smallest absolute Gasteiger partial charge is 0.261 e. The normalized spacial score (nSPS) is 16.3. The Kier molecular flexibility index (Phi) is 7.39. The maximum Gasteiger partial charge on any atom is 0.261 e. The molecule has 35 heavy (non-hydrogen) atoms. The van der Waals surface area contributed by atoms with Gasteiger partial charge in [-0.05, 0) is 42.7 Å². The topological polar surface area (TPSA) is 85.7 Å². The van der Waals surface area contributed by atoms with Crippen LogP contribution in [-0.4, -0.2) is 59.8 Å². The minimum absolute atomic E-state index is 0.000979. The van der Waals surface area contributed by atoms with Crippen LogP contribution in [0.2, 0.25) is 0 Å². The summed E-state index contributed by atoms with van der Waals surface area (Å²) in [5, 5.41) is 3.63. The predicted molar refractivity (Wildman–Crippen MR) is 134 cm³/mol. The van der Waals surface area contributed by atoms with E-state index in [1.165, 1.54) is 0 Å². The fourth-order valence-corrected chi connectivity index (χ4v) is 4.45. The van der Waals surface area contributed by atoms with Crippen molar-refractivity contribution in [1.29, 1.82) is 0 Å². The van der Waals surface area contributed by atoms with Crippen molar-refractivity contribution in [3.63, 3.8) is 0 Å². The Morgan fingerprint density at radius 1 is 1.11 bits per heavy atom. The fraction of sp³-hybridized carbons (Fsp3) is 0.444. The highest BCUT2D eigenvalue weighted by Gasteiger charge is 2.28. The molecule has 8 heteroatoms. The molecule has 1 aromatic heterocycles. The van der Waals surface area contributed by atoms with E-state index in [9.17, 15) is 9.59 Å². The van der Waals surface area contributed by atoms with Gasteiger partial charge in [0.05, 0.1) is 24.1 Å². The molecule has 1 N–H and O–H groups in total. The molecule has 2 fully saturated rings. The highest BCUT2D eigenvalue weighted by atomic mass is 16.5. The standard InChI is InChI=1S/C27H32N4O4/c32-26(11-10-25-29-24-7-2-1-6-23(24)27(33)31(25)21-8-9-21)28-19-20-4-3-5-22(18-20)35-17-14-30-12-15-34-16-13-30/h1-7,18,21H,8-17,19H2,(H,28,32). The number of fused-ring (bicyclic) bond motifs is 1. The highest BCUT2D eigenvalue weighted by Crippen LogP contribution is 2.34. The molecule has 0 radical (unpaired) electrons. The van der Waals surface area contributed by atoms with Gasteiger partial charge in [-0.25, -0.2) is 4.98 Å². The zero-order valence-electron chi connectivity index (χ0n) is 19.9. The van der Waals surface area contributed by atoms with Crippen molar-refractivity contribution in [2.24, 2.45) is 0 Å². The van der Waals surface area contributed by atoms with Gasteiger partial charge in [-0.3, -0.25) is 19.1 Å². The van der Waals surface area contributed by atoms with Crippen LogP contribution in [0.1, 0.15) is 36.7 Å². The zero-order chi connectivity index (χ0) is 24.0. The highest BCUT2D eigenvalue weighted by molar-refractivity contribution is 5.78. The van der Waals surface area contributed by atoms with Gasteiger partial charge in [-0.1, -0.05) is 24.3 Å². The average molecular weight is 477 g/mol.